The van der Waals surface area contributed by atoms with E-state index in [1.807, 2.05) is 0 Å². The summed E-state index contributed by atoms with van der Waals surface area (Å²) in [7, 11) is 0. The van der Waals surface area contributed by atoms with Gasteiger partial charge < -0.3 is 0 Å². The van der Waals surface area contributed by atoms with Gasteiger partial charge in [0.1, 0.15) is 0 Å². The molecule has 34 heavy (non-hydrogen) atoms. The quantitative estimate of drug-likeness (QED) is 0.150. The van der Waals surface area contributed by atoms with E-state index in [9.17, 15) is 25.0 Å². The minimum absolute atomic E-state index is 0.0976. The molecule has 0 aromatic heterocycles. The highest BCUT2D eigenvalue weighted by atomic mass is 35.5. The van der Waals surface area contributed by atoms with Crippen LogP contribution in [0.4, 0.5) is 17.1 Å². The van der Waals surface area contributed by atoms with Gasteiger partial charge in [-0.05, 0) is 54.1 Å². The Hall–Kier alpha value is -3.25. The second kappa shape index (κ2) is 9.94. The van der Waals surface area contributed by atoms with E-state index in [0.29, 0.717) is 21.2 Å². The van der Waals surface area contributed by atoms with Gasteiger partial charge in [0.15, 0.2) is 4.32 Å². The Labute approximate surface area is 211 Å². The number of rotatable bonds is 6. The summed E-state index contributed by atoms with van der Waals surface area (Å²) >= 11 is 13.5. The van der Waals surface area contributed by atoms with Gasteiger partial charge in [-0.25, -0.2) is 0 Å². The van der Waals surface area contributed by atoms with Crippen molar-refractivity contribution < 1.29 is 14.6 Å². The fourth-order valence-corrected chi connectivity index (χ4v) is 5.37. The number of hydrogen-bond donors (Lipinski definition) is 0. The van der Waals surface area contributed by atoms with E-state index < -0.39 is 15.8 Å². The zero-order valence-corrected chi connectivity index (χ0v) is 20.1. The van der Waals surface area contributed by atoms with E-state index >= 15 is 0 Å². The number of nitro groups is 2. The summed E-state index contributed by atoms with van der Waals surface area (Å²) in [6, 6.07) is 17.1. The van der Waals surface area contributed by atoms with Crippen LogP contribution in [0.1, 0.15) is 5.56 Å². The first kappa shape index (κ1) is 23.9. The van der Waals surface area contributed by atoms with Crippen molar-refractivity contribution in [1.82, 2.24) is 0 Å². The molecule has 3 aromatic rings. The standard InChI is InChI=1S/C22H12ClN3O5S3/c23-14-2-8-17(9-3-14)33-19-10-1-13(11-18(19)26(30)31)12-20-21(27)24(22(32)34-20)15-4-6-16(7-5-15)25(28)29/h1-12H/b20-12+. The molecule has 1 aliphatic heterocycles. The summed E-state index contributed by atoms with van der Waals surface area (Å²) in [6.07, 6.45) is 1.54. The Balaban J connectivity index is 1.60. The smallest absolute Gasteiger partial charge is 0.268 e. The number of thioether (sulfide) groups is 1. The lowest BCUT2D eigenvalue weighted by Crippen LogP contribution is -2.27. The number of nitrogens with zero attached hydrogens (tertiary/aromatic N) is 3. The van der Waals surface area contributed by atoms with Crippen LogP contribution in [0.5, 0.6) is 0 Å². The van der Waals surface area contributed by atoms with Crippen molar-refractivity contribution in [2.45, 2.75) is 9.79 Å². The fraction of sp³-hybridized carbons (Fsp3) is 0. The Kier molecular flexibility index (Phi) is 6.98. The molecule has 170 valence electrons. The fourth-order valence-electron chi connectivity index (χ4n) is 3.05. The summed E-state index contributed by atoms with van der Waals surface area (Å²) in [6.45, 7) is 0. The number of amides is 1. The van der Waals surface area contributed by atoms with Crippen molar-refractivity contribution >= 4 is 80.7 Å². The maximum Gasteiger partial charge on any atom is 0.283 e. The maximum atomic E-state index is 13.0. The van der Waals surface area contributed by atoms with Gasteiger partial charge in [-0.1, -0.05) is 53.4 Å². The van der Waals surface area contributed by atoms with Gasteiger partial charge in [-0.2, -0.15) is 0 Å². The molecule has 0 spiro atoms. The monoisotopic (exact) mass is 529 g/mol. The molecule has 1 saturated heterocycles. The summed E-state index contributed by atoms with van der Waals surface area (Å²) in [4.78, 5) is 37.3. The summed E-state index contributed by atoms with van der Waals surface area (Å²) < 4.78 is 0.259. The lowest BCUT2D eigenvalue weighted by atomic mass is 10.2. The third-order valence-corrected chi connectivity index (χ3v) is 7.26. The van der Waals surface area contributed by atoms with E-state index in [-0.39, 0.29) is 20.6 Å². The van der Waals surface area contributed by atoms with Crippen LogP contribution in [0.25, 0.3) is 6.08 Å². The van der Waals surface area contributed by atoms with Crippen molar-refractivity contribution in [1.29, 1.82) is 0 Å². The SMILES string of the molecule is O=C1/C(=C\c2ccc(Sc3ccc(Cl)cc3)c([N+](=O)[O-])c2)SC(=S)N1c1ccc([N+](=O)[O-])cc1. The van der Waals surface area contributed by atoms with Gasteiger partial charge in [0.05, 0.1) is 25.3 Å². The molecule has 0 radical (unpaired) electrons. The first-order chi connectivity index (χ1) is 16.2. The minimum Gasteiger partial charge on any atom is -0.268 e. The maximum absolute atomic E-state index is 13.0. The molecule has 0 atom stereocenters. The number of anilines is 1. The normalized spacial score (nSPS) is 14.6. The molecule has 8 nitrogen and oxygen atoms in total. The second-order valence-electron chi connectivity index (χ2n) is 6.83. The van der Waals surface area contributed by atoms with Crippen LogP contribution in [0.2, 0.25) is 5.02 Å². The summed E-state index contributed by atoms with van der Waals surface area (Å²) in [5.41, 5.74) is 0.668. The third-order valence-electron chi connectivity index (χ3n) is 4.63. The van der Waals surface area contributed by atoms with E-state index in [1.165, 1.54) is 53.1 Å². The highest BCUT2D eigenvalue weighted by Gasteiger charge is 2.33. The Morgan fingerprint density at radius 2 is 1.65 bits per heavy atom. The lowest BCUT2D eigenvalue weighted by Gasteiger charge is -2.13. The average molecular weight is 530 g/mol. The topological polar surface area (TPSA) is 107 Å². The van der Waals surface area contributed by atoms with Gasteiger partial charge >= 0.3 is 0 Å². The first-order valence-corrected chi connectivity index (χ1v) is 11.9. The van der Waals surface area contributed by atoms with Crippen LogP contribution < -0.4 is 4.90 Å². The van der Waals surface area contributed by atoms with E-state index in [4.69, 9.17) is 23.8 Å². The zero-order chi connectivity index (χ0) is 24.4. The van der Waals surface area contributed by atoms with Gasteiger partial charge in [-0.15, -0.1) is 0 Å². The molecule has 1 fully saturated rings. The minimum atomic E-state index is -0.532. The molecule has 1 aliphatic rings. The van der Waals surface area contributed by atoms with Crippen LogP contribution in [-0.4, -0.2) is 20.1 Å². The van der Waals surface area contributed by atoms with Gasteiger partial charge in [-0.3, -0.25) is 29.9 Å². The number of hydrogen-bond acceptors (Lipinski definition) is 8. The van der Waals surface area contributed by atoms with E-state index in [2.05, 4.69) is 0 Å². The van der Waals surface area contributed by atoms with Gasteiger partial charge in [0.2, 0.25) is 0 Å². The predicted molar refractivity (Wildman–Crippen MR) is 137 cm³/mol. The van der Waals surface area contributed by atoms with Crippen LogP contribution in [0.15, 0.2) is 81.4 Å². The molecule has 0 unspecified atom stereocenters. The van der Waals surface area contributed by atoms with E-state index in [0.717, 1.165) is 16.7 Å². The van der Waals surface area contributed by atoms with Crippen molar-refractivity contribution in [2.24, 2.45) is 0 Å². The Bertz CT molecular complexity index is 1360. The third kappa shape index (κ3) is 5.12. The molecule has 1 heterocycles. The number of non-ortho nitro benzene ring substituents is 1. The largest absolute Gasteiger partial charge is 0.283 e. The zero-order valence-electron chi connectivity index (χ0n) is 16.9. The number of carbonyl (C=O) groups excluding carboxylic acids is 1. The van der Waals surface area contributed by atoms with Crippen LogP contribution >= 0.6 is 47.3 Å². The van der Waals surface area contributed by atoms with Crippen molar-refractivity contribution in [2.75, 3.05) is 4.90 Å². The molecular formula is C22H12ClN3O5S3. The highest BCUT2D eigenvalue weighted by Crippen LogP contribution is 2.39. The lowest BCUT2D eigenvalue weighted by molar-refractivity contribution is -0.387. The first-order valence-electron chi connectivity index (χ1n) is 9.47. The molecule has 0 N–H and O–H groups in total. The number of halogens is 1. The summed E-state index contributed by atoms with van der Waals surface area (Å²) in [5.74, 6) is -0.411. The van der Waals surface area contributed by atoms with E-state index in [1.54, 1.807) is 36.4 Å². The molecule has 0 aliphatic carbocycles. The highest BCUT2D eigenvalue weighted by molar-refractivity contribution is 8.27. The molecule has 4 rings (SSSR count). The van der Waals surface area contributed by atoms with Crippen LogP contribution in [0, 0.1) is 20.2 Å². The molecule has 12 heteroatoms. The average Bonchev–Trinajstić information content (AvgIpc) is 3.08. The molecule has 0 bridgehead atoms. The van der Waals surface area contributed by atoms with Crippen molar-refractivity contribution in [3.8, 4) is 0 Å². The Morgan fingerprint density at radius 3 is 2.26 bits per heavy atom. The number of thiocarbonyl (C=S) groups is 1. The molecule has 3 aromatic carbocycles. The number of benzene rings is 3. The van der Waals surface area contributed by atoms with Gasteiger partial charge in [0.25, 0.3) is 17.3 Å². The van der Waals surface area contributed by atoms with Crippen molar-refractivity contribution in [3.05, 3.63) is 102 Å². The molecule has 0 saturated carbocycles. The van der Waals surface area contributed by atoms with Crippen LogP contribution in [0.3, 0.4) is 0 Å². The summed E-state index contributed by atoms with van der Waals surface area (Å²) in [5, 5.41) is 23.1. The van der Waals surface area contributed by atoms with Crippen LogP contribution in [-0.2, 0) is 4.79 Å². The molecular weight excluding hydrogens is 518 g/mol. The molecule has 1 amide bonds. The number of carbonyl (C=O) groups is 1. The predicted octanol–water partition coefficient (Wildman–Crippen LogP) is 6.71. The number of nitro benzene ring substituents is 2. The Morgan fingerprint density at radius 1 is 0.971 bits per heavy atom. The second-order valence-corrected chi connectivity index (χ2v) is 10.1. The van der Waals surface area contributed by atoms with Crippen molar-refractivity contribution in [3.63, 3.8) is 0 Å². The van der Waals surface area contributed by atoms with Gasteiger partial charge in [0, 0.05) is 28.1 Å².